The second-order valence-electron chi connectivity index (χ2n) is 6.65. The van der Waals surface area contributed by atoms with Gasteiger partial charge >= 0.3 is 5.97 Å². The predicted octanol–water partition coefficient (Wildman–Crippen LogP) is 5.37. The molecule has 0 fully saturated rings. The second kappa shape index (κ2) is 13.7. The minimum absolute atomic E-state index is 0.00746. The molecule has 0 saturated heterocycles. The van der Waals surface area contributed by atoms with Crippen LogP contribution >= 0.6 is 22.6 Å². The number of halogens is 1. The van der Waals surface area contributed by atoms with Crippen LogP contribution in [0.15, 0.2) is 9.66 Å². The highest BCUT2D eigenvalue weighted by Crippen LogP contribution is 2.33. The van der Waals surface area contributed by atoms with Gasteiger partial charge in [0.2, 0.25) is 0 Å². The van der Waals surface area contributed by atoms with E-state index in [1.165, 1.54) is 25.7 Å². The number of esters is 1. The van der Waals surface area contributed by atoms with Gasteiger partial charge in [-0.25, -0.2) is 0 Å². The predicted molar refractivity (Wildman–Crippen MR) is 109 cm³/mol. The average Bonchev–Trinajstić information content (AvgIpc) is 2.84. The van der Waals surface area contributed by atoms with Gasteiger partial charge in [-0.15, -0.1) is 0 Å². The largest absolute Gasteiger partial charge is 0.466 e. The summed E-state index contributed by atoms with van der Waals surface area (Å²) in [6.07, 6.45) is 11.9. The molecule has 0 aromatic rings. The average molecular weight is 464 g/mol. The van der Waals surface area contributed by atoms with Crippen molar-refractivity contribution in [1.82, 2.24) is 0 Å². The number of unbranched alkanes of at least 4 members (excludes halogenated alkanes) is 6. The first-order valence-corrected chi connectivity index (χ1v) is 10.9. The zero-order valence-electron chi connectivity index (χ0n) is 15.7. The van der Waals surface area contributed by atoms with Gasteiger partial charge in [-0.05, 0) is 54.9 Å². The number of carbonyl (C=O) groups is 2. The van der Waals surface area contributed by atoms with E-state index in [9.17, 15) is 9.59 Å². The summed E-state index contributed by atoms with van der Waals surface area (Å²) in [7, 11) is 0. The first kappa shape index (κ1) is 22.6. The third-order valence-electron chi connectivity index (χ3n) is 4.53. The van der Waals surface area contributed by atoms with Crippen molar-refractivity contribution >= 4 is 34.3 Å². The number of hydrogen-bond donors (Lipinski definition) is 0. The smallest absolute Gasteiger partial charge is 0.305 e. The summed E-state index contributed by atoms with van der Waals surface area (Å²) >= 11 is 2.24. The standard InChI is InChI=1S/C20H33IO4/c1-3-5-6-7-9-12-16-18(22)15-17(21)20(16)25-14-11-8-10-13-19(23)24-4-2/h15-16,20H,3-14H2,1-2H3/t16-,20-/m0/s1. The fourth-order valence-electron chi connectivity index (χ4n) is 3.12. The van der Waals surface area contributed by atoms with Gasteiger partial charge in [0.05, 0.1) is 18.6 Å². The molecule has 0 aliphatic heterocycles. The third-order valence-corrected chi connectivity index (χ3v) is 5.45. The van der Waals surface area contributed by atoms with Crippen LogP contribution in [0.5, 0.6) is 0 Å². The van der Waals surface area contributed by atoms with Crippen molar-refractivity contribution < 1.29 is 19.1 Å². The zero-order chi connectivity index (χ0) is 18.5. The van der Waals surface area contributed by atoms with Gasteiger partial charge in [0, 0.05) is 16.6 Å². The van der Waals surface area contributed by atoms with Gasteiger partial charge < -0.3 is 9.47 Å². The van der Waals surface area contributed by atoms with Gasteiger partial charge in [-0.2, -0.15) is 0 Å². The summed E-state index contributed by atoms with van der Waals surface area (Å²) in [5.74, 6) is 0.116. The summed E-state index contributed by atoms with van der Waals surface area (Å²) in [5.41, 5.74) is 0. The van der Waals surface area contributed by atoms with Crippen molar-refractivity contribution in [3.05, 3.63) is 9.66 Å². The summed E-state index contributed by atoms with van der Waals surface area (Å²) in [5, 5.41) is 0. The van der Waals surface area contributed by atoms with Crippen molar-refractivity contribution in [2.24, 2.45) is 5.92 Å². The van der Waals surface area contributed by atoms with Crippen LogP contribution in [0.3, 0.4) is 0 Å². The molecule has 25 heavy (non-hydrogen) atoms. The number of carbonyl (C=O) groups excluding carboxylic acids is 2. The van der Waals surface area contributed by atoms with Crippen LogP contribution in [-0.4, -0.2) is 31.1 Å². The molecule has 0 heterocycles. The molecular formula is C20H33IO4. The highest BCUT2D eigenvalue weighted by Gasteiger charge is 2.35. The SMILES string of the molecule is CCCCCCC[C@H]1C(=O)C=C(I)[C@H]1OCCCCCC(=O)OCC. The van der Waals surface area contributed by atoms with Crippen LogP contribution in [0, 0.1) is 5.92 Å². The molecule has 2 atom stereocenters. The lowest BCUT2D eigenvalue weighted by Gasteiger charge is -2.20. The molecule has 144 valence electrons. The number of ether oxygens (including phenoxy) is 2. The van der Waals surface area contributed by atoms with E-state index in [2.05, 4.69) is 29.5 Å². The Bertz CT molecular complexity index is 433. The summed E-state index contributed by atoms with van der Waals surface area (Å²) < 4.78 is 12.0. The van der Waals surface area contributed by atoms with E-state index in [0.717, 1.165) is 35.7 Å². The highest BCUT2D eigenvalue weighted by molar-refractivity contribution is 14.1. The summed E-state index contributed by atoms with van der Waals surface area (Å²) in [6, 6.07) is 0. The lowest BCUT2D eigenvalue weighted by molar-refractivity contribution is -0.143. The van der Waals surface area contributed by atoms with Crippen molar-refractivity contribution in [2.45, 2.75) is 84.2 Å². The molecule has 0 aromatic carbocycles. The van der Waals surface area contributed by atoms with E-state index in [1.54, 1.807) is 6.08 Å². The van der Waals surface area contributed by atoms with Crippen LogP contribution in [0.25, 0.3) is 0 Å². The van der Waals surface area contributed by atoms with Gasteiger partial charge in [-0.1, -0.05) is 45.4 Å². The molecule has 1 aliphatic rings. The number of hydrogen-bond acceptors (Lipinski definition) is 4. The first-order chi connectivity index (χ1) is 12.1. The Labute approximate surface area is 166 Å². The number of rotatable bonds is 14. The van der Waals surface area contributed by atoms with E-state index >= 15 is 0 Å². The van der Waals surface area contributed by atoms with Crippen molar-refractivity contribution in [2.75, 3.05) is 13.2 Å². The molecule has 0 saturated carbocycles. The normalized spacial score (nSPS) is 20.0. The van der Waals surface area contributed by atoms with E-state index in [-0.39, 0.29) is 23.8 Å². The molecule has 0 spiro atoms. The number of allylic oxidation sites excluding steroid dienone is 1. The van der Waals surface area contributed by atoms with Gasteiger partial charge in [-0.3, -0.25) is 9.59 Å². The van der Waals surface area contributed by atoms with Crippen molar-refractivity contribution in [1.29, 1.82) is 0 Å². The maximum absolute atomic E-state index is 12.2. The van der Waals surface area contributed by atoms with Gasteiger partial charge in [0.25, 0.3) is 0 Å². The molecule has 4 nitrogen and oxygen atoms in total. The summed E-state index contributed by atoms with van der Waals surface area (Å²) in [4.78, 5) is 23.4. The fraction of sp³-hybridized carbons (Fsp3) is 0.800. The minimum Gasteiger partial charge on any atom is -0.466 e. The maximum Gasteiger partial charge on any atom is 0.305 e. The van der Waals surface area contributed by atoms with Crippen molar-refractivity contribution in [3.63, 3.8) is 0 Å². The van der Waals surface area contributed by atoms with Crippen molar-refractivity contribution in [3.8, 4) is 0 Å². The third kappa shape index (κ3) is 9.18. The monoisotopic (exact) mass is 464 g/mol. The molecule has 0 aromatic heterocycles. The Balaban J connectivity index is 2.21. The van der Waals surface area contributed by atoms with Crippen LogP contribution in [0.2, 0.25) is 0 Å². The Morgan fingerprint density at radius 3 is 2.52 bits per heavy atom. The molecule has 0 N–H and O–H groups in total. The lowest BCUT2D eigenvalue weighted by Crippen LogP contribution is -2.25. The highest BCUT2D eigenvalue weighted by atomic mass is 127. The zero-order valence-corrected chi connectivity index (χ0v) is 17.9. The molecule has 1 aliphatic carbocycles. The Morgan fingerprint density at radius 2 is 1.80 bits per heavy atom. The molecular weight excluding hydrogens is 431 g/mol. The quantitative estimate of drug-likeness (QED) is 0.197. The molecule has 0 radical (unpaired) electrons. The molecule has 0 bridgehead atoms. The number of ketones is 1. The lowest BCUT2D eigenvalue weighted by atomic mass is 9.95. The minimum atomic E-state index is -0.120. The van der Waals surface area contributed by atoms with E-state index in [1.807, 2.05) is 6.92 Å². The Hall–Kier alpha value is -0.430. The first-order valence-electron chi connectivity index (χ1n) is 9.78. The maximum atomic E-state index is 12.2. The fourth-order valence-corrected chi connectivity index (χ4v) is 4.04. The Morgan fingerprint density at radius 1 is 1.08 bits per heavy atom. The van der Waals surface area contributed by atoms with Crippen LogP contribution in [-0.2, 0) is 19.1 Å². The molecule has 1 rings (SSSR count). The van der Waals surface area contributed by atoms with Gasteiger partial charge in [0.15, 0.2) is 5.78 Å². The topological polar surface area (TPSA) is 52.6 Å². The van der Waals surface area contributed by atoms with E-state index in [4.69, 9.17) is 9.47 Å². The molecule has 0 unspecified atom stereocenters. The van der Waals surface area contributed by atoms with Crippen LogP contribution in [0.1, 0.15) is 78.1 Å². The molecule has 5 heteroatoms. The van der Waals surface area contributed by atoms with Crippen LogP contribution in [0.4, 0.5) is 0 Å². The van der Waals surface area contributed by atoms with Crippen LogP contribution < -0.4 is 0 Å². The Kier molecular flexibility index (Phi) is 12.4. The van der Waals surface area contributed by atoms with Gasteiger partial charge in [0.1, 0.15) is 0 Å². The van der Waals surface area contributed by atoms with E-state index < -0.39 is 0 Å². The van der Waals surface area contributed by atoms with E-state index in [0.29, 0.717) is 19.6 Å². The molecule has 0 amide bonds. The summed E-state index contributed by atoms with van der Waals surface area (Å²) in [6.45, 7) is 5.13. The second-order valence-corrected chi connectivity index (χ2v) is 7.89.